The Hall–Kier alpha value is -1.32. The topological polar surface area (TPSA) is 20.3 Å². The fourth-order valence-electron chi connectivity index (χ4n) is 3.15. The zero-order chi connectivity index (χ0) is 17.8. The lowest BCUT2D eigenvalue weighted by atomic mass is 9.97. The van der Waals surface area contributed by atoms with Crippen molar-refractivity contribution in [1.82, 2.24) is 4.90 Å². The van der Waals surface area contributed by atoms with Crippen LogP contribution < -0.4 is 0 Å². The van der Waals surface area contributed by atoms with Crippen molar-refractivity contribution in [3.63, 3.8) is 0 Å². The van der Waals surface area contributed by atoms with E-state index in [0.29, 0.717) is 15.6 Å². The van der Waals surface area contributed by atoms with E-state index in [-0.39, 0.29) is 24.2 Å². The number of ketones is 1. The molecule has 138 valence electrons. The molecule has 1 atom stereocenters. The van der Waals surface area contributed by atoms with Crippen LogP contribution in [0.2, 0.25) is 10.0 Å². The summed E-state index contributed by atoms with van der Waals surface area (Å²) in [5, 5.41) is 0.890. The Morgan fingerprint density at radius 3 is 2.46 bits per heavy atom. The van der Waals surface area contributed by atoms with Crippen LogP contribution >= 0.6 is 35.6 Å². The van der Waals surface area contributed by atoms with E-state index < -0.39 is 0 Å². The van der Waals surface area contributed by atoms with E-state index in [0.717, 1.165) is 25.9 Å². The maximum atomic E-state index is 12.7. The van der Waals surface area contributed by atoms with Crippen LogP contribution in [0.25, 0.3) is 0 Å². The average Bonchev–Trinajstić information content (AvgIpc) is 2.64. The molecule has 0 saturated heterocycles. The van der Waals surface area contributed by atoms with Crippen LogP contribution in [0.5, 0.6) is 0 Å². The number of nitrogens with zero attached hydrogens (tertiary/aromatic N) is 1. The van der Waals surface area contributed by atoms with Gasteiger partial charge in [-0.2, -0.15) is 0 Å². The maximum Gasteiger partial charge on any atom is 0.179 e. The van der Waals surface area contributed by atoms with Gasteiger partial charge in [-0.3, -0.25) is 9.69 Å². The van der Waals surface area contributed by atoms with Gasteiger partial charge in [-0.05, 0) is 43.5 Å². The van der Waals surface area contributed by atoms with Crippen LogP contribution in [-0.4, -0.2) is 29.8 Å². The molecular formula is C21H22Cl3NO. The summed E-state index contributed by atoms with van der Waals surface area (Å²) < 4.78 is 0. The average molecular weight is 411 g/mol. The molecule has 0 radical (unpaired) electrons. The first-order chi connectivity index (χ1) is 12.0. The molecule has 3 rings (SSSR count). The Morgan fingerprint density at radius 2 is 1.85 bits per heavy atom. The van der Waals surface area contributed by atoms with E-state index >= 15 is 0 Å². The van der Waals surface area contributed by atoms with Gasteiger partial charge in [-0.25, -0.2) is 0 Å². The van der Waals surface area contributed by atoms with Gasteiger partial charge in [0, 0.05) is 18.7 Å². The molecule has 0 saturated carbocycles. The van der Waals surface area contributed by atoms with Gasteiger partial charge < -0.3 is 0 Å². The Bertz CT molecular complexity index is 789. The van der Waals surface area contributed by atoms with Gasteiger partial charge in [0.1, 0.15) is 0 Å². The third-order valence-electron chi connectivity index (χ3n) is 4.74. The Balaban J connectivity index is 0.00000243. The van der Waals surface area contributed by atoms with Crippen molar-refractivity contribution in [1.29, 1.82) is 0 Å². The molecule has 0 N–H and O–H groups in total. The molecule has 2 aromatic carbocycles. The number of carbonyl (C=O) groups is 1. The van der Waals surface area contributed by atoms with Gasteiger partial charge in [0.2, 0.25) is 0 Å². The number of rotatable bonds is 5. The van der Waals surface area contributed by atoms with Crippen LogP contribution in [0.3, 0.4) is 0 Å². The zero-order valence-corrected chi connectivity index (χ0v) is 16.9. The van der Waals surface area contributed by atoms with E-state index in [9.17, 15) is 4.79 Å². The molecular weight excluding hydrogens is 389 g/mol. The van der Waals surface area contributed by atoms with E-state index in [1.54, 1.807) is 18.2 Å². The molecule has 0 aromatic heterocycles. The first kappa shape index (κ1) is 21.0. The summed E-state index contributed by atoms with van der Waals surface area (Å²) >= 11 is 12.0. The third-order valence-corrected chi connectivity index (χ3v) is 5.48. The second-order valence-corrected chi connectivity index (χ2v) is 7.25. The van der Waals surface area contributed by atoms with Crippen LogP contribution in [0, 0.1) is 0 Å². The molecule has 5 heteroatoms. The molecule has 2 aromatic rings. The lowest BCUT2D eigenvalue weighted by Gasteiger charge is -2.31. The highest BCUT2D eigenvalue weighted by Gasteiger charge is 2.24. The monoisotopic (exact) mass is 409 g/mol. The number of Topliss-reactive ketones (excluding diaryl/α,β-unsaturated/α-hetero) is 1. The molecule has 1 aliphatic rings. The van der Waals surface area contributed by atoms with E-state index in [4.69, 9.17) is 23.2 Å². The molecule has 26 heavy (non-hydrogen) atoms. The van der Waals surface area contributed by atoms with Gasteiger partial charge in [-0.15, -0.1) is 12.4 Å². The summed E-state index contributed by atoms with van der Waals surface area (Å²) in [6, 6.07) is 15.4. The van der Waals surface area contributed by atoms with Crippen molar-refractivity contribution in [2.24, 2.45) is 0 Å². The van der Waals surface area contributed by atoms with Crippen molar-refractivity contribution in [2.45, 2.75) is 25.8 Å². The Morgan fingerprint density at radius 1 is 1.12 bits per heavy atom. The number of hydrogen-bond donors (Lipinski definition) is 0. The Labute approximate surface area is 171 Å². The predicted octanol–water partition coefficient (Wildman–Crippen LogP) is 5.86. The van der Waals surface area contributed by atoms with E-state index in [1.165, 1.54) is 11.1 Å². The largest absolute Gasteiger partial charge is 0.292 e. The summed E-state index contributed by atoms with van der Waals surface area (Å²) in [5.74, 6) is 0.0819. The van der Waals surface area contributed by atoms with Gasteiger partial charge in [0.25, 0.3) is 0 Å². The second-order valence-electron chi connectivity index (χ2n) is 6.44. The van der Waals surface area contributed by atoms with Gasteiger partial charge in [0.05, 0.1) is 16.1 Å². The van der Waals surface area contributed by atoms with Crippen molar-refractivity contribution in [3.05, 3.63) is 81.4 Å². The lowest BCUT2D eigenvalue weighted by molar-refractivity contribution is 0.0848. The molecule has 1 heterocycles. The molecule has 2 nitrogen and oxygen atoms in total. The molecule has 0 amide bonds. The standard InChI is InChI=1S/C21H21Cl2NO.ClH/c1-15(21(25)18-7-8-19(22)20(23)14-18)24-11-9-17(10-12-24)13-16-5-3-2-4-6-16;/h2-9,14-15H,10-13H2,1H3;1H. The molecule has 0 bridgehead atoms. The summed E-state index contributed by atoms with van der Waals surface area (Å²) in [6.45, 7) is 3.66. The third kappa shape index (κ3) is 5.11. The highest BCUT2D eigenvalue weighted by Crippen LogP contribution is 2.24. The second kappa shape index (κ2) is 9.57. The molecule has 0 fully saturated rings. The summed E-state index contributed by atoms with van der Waals surface area (Å²) in [5.41, 5.74) is 3.39. The number of halogens is 3. The van der Waals surface area contributed by atoms with E-state index in [1.807, 2.05) is 13.0 Å². The van der Waals surface area contributed by atoms with Crippen LogP contribution in [0.4, 0.5) is 0 Å². The SMILES string of the molecule is CC(C(=O)c1ccc(Cl)c(Cl)c1)N1CC=C(Cc2ccccc2)CC1.Cl. The van der Waals surface area contributed by atoms with Crippen LogP contribution in [0.15, 0.2) is 60.2 Å². The summed E-state index contributed by atoms with van der Waals surface area (Å²) in [4.78, 5) is 14.9. The van der Waals surface area contributed by atoms with Crippen molar-refractivity contribution in [2.75, 3.05) is 13.1 Å². The maximum absolute atomic E-state index is 12.7. The summed E-state index contributed by atoms with van der Waals surface area (Å²) in [7, 11) is 0. The summed E-state index contributed by atoms with van der Waals surface area (Å²) in [6.07, 6.45) is 4.24. The van der Waals surface area contributed by atoms with E-state index in [2.05, 4.69) is 35.2 Å². The Kier molecular flexibility index (Phi) is 7.72. The first-order valence-corrected chi connectivity index (χ1v) is 9.25. The highest BCUT2D eigenvalue weighted by atomic mass is 35.5. The lowest BCUT2D eigenvalue weighted by Crippen LogP contribution is -2.41. The van der Waals surface area contributed by atoms with Crippen molar-refractivity contribution >= 4 is 41.4 Å². The predicted molar refractivity (Wildman–Crippen MR) is 112 cm³/mol. The quantitative estimate of drug-likeness (QED) is 0.454. The highest BCUT2D eigenvalue weighted by molar-refractivity contribution is 6.42. The molecule has 0 spiro atoms. The van der Waals surface area contributed by atoms with Crippen LogP contribution in [-0.2, 0) is 6.42 Å². The number of benzene rings is 2. The van der Waals surface area contributed by atoms with Crippen molar-refractivity contribution < 1.29 is 4.79 Å². The first-order valence-electron chi connectivity index (χ1n) is 8.50. The number of hydrogen-bond acceptors (Lipinski definition) is 2. The minimum atomic E-state index is -0.174. The minimum absolute atomic E-state index is 0. The number of carbonyl (C=O) groups excluding carboxylic acids is 1. The van der Waals surface area contributed by atoms with Crippen molar-refractivity contribution in [3.8, 4) is 0 Å². The zero-order valence-electron chi connectivity index (χ0n) is 14.6. The van der Waals surface area contributed by atoms with Crippen LogP contribution in [0.1, 0.15) is 29.3 Å². The smallest absolute Gasteiger partial charge is 0.179 e. The van der Waals surface area contributed by atoms with Gasteiger partial charge in [-0.1, -0.05) is 65.2 Å². The van der Waals surface area contributed by atoms with Gasteiger partial charge >= 0.3 is 0 Å². The minimum Gasteiger partial charge on any atom is -0.292 e. The van der Waals surface area contributed by atoms with Gasteiger partial charge in [0.15, 0.2) is 5.78 Å². The fraction of sp³-hybridized carbons (Fsp3) is 0.286. The molecule has 1 aliphatic heterocycles. The fourth-order valence-corrected chi connectivity index (χ4v) is 3.45. The normalized spacial score (nSPS) is 15.7. The molecule has 0 aliphatic carbocycles. The molecule has 1 unspecified atom stereocenters.